The van der Waals surface area contributed by atoms with Crippen LogP contribution in [0.15, 0.2) is 36.5 Å². The predicted molar refractivity (Wildman–Crippen MR) is 283 cm³/mol. The Morgan fingerprint density at radius 3 is 1.25 bits per heavy atom. The normalized spacial score (nSPS) is 13.0. The van der Waals surface area contributed by atoms with Crippen LogP contribution in [0, 0.1) is 0 Å². The fourth-order valence-corrected chi connectivity index (χ4v) is 8.26. The summed E-state index contributed by atoms with van der Waals surface area (Å²) in [6.45, 7) is 4.66. The number of unbranched alkanes of at least 4 members (excludes halogenated alkanes) is 32. The number of carboxylic acid groups (broad SMARTS) is 1. The predicted octanol–water partition coefficient (Wildman–Crippen LogP) is 15.2. The van der Waals surface area contributed by atoms with E-state index in [2.05, 4.69) is 50.3 Å². The zero-order valence-corrected chi connectivity index (χ0v) is 45.2. The first-order valence-corrected chi connectivity index (χ1v) is 28.6. The minimum atomic E-state index is -1.62. The van der Waals surface area contributed by atoms with Crippen LogP contribution in [0.3, 0.4) is 0 Å². The largest absolute Gasteiger partial charge is 0.545 e. The Labute approximate surface area is 420 Å². The maximum Gasteiger partial charge on any atom is 0.306 e. The Morgan fingerprint density at radius 2 is 0.838 bits per heavy atom. The first kappa shape index (κ1) is 65.5. The van der Waals surface area contributed by atoms with Gasteiger partial charge in [0.15, 0.2) is 12.4 Å². The van der Waals surface area contributed by atoms with E-state index in [0.29, 0.717) is 23.9 Å². The number of ether oxygens (including phenoxy) is 4. The molecule has 0 saturated heterocycles. The van der Waals surface area contributed by atoms with Crippen molar-refractivity contribution in [3.63, 3.8) is 0 Å². The van der Waals surface area contributed by atoms with Gasteiger partial charge in [-0.2, -0.15) is 0 Å². The van der Waals surface area contributed by atoms with E-state index in [4.69, 9.17) is 18.9 Å². The van der Waals surface area contributed by atoms with E-state index < -0.39 is 24.3 Å². The Kier molecular flexibility index (Phi) is 49.0. The second-order valence-corrected chi connectivity index (χ2v) is 20.6. The lowest BCUT2D eigenvalue weighted by molar-refractivity contribution is -0.870. The molecule has 398 valence electrons. The number of carboxylic acids is 1. The number of rotatable bonds is 53. The summed E-state index contributed by atoms with van der Waals surface area (Å²) >= 11 is 0. The minimum absolute atomic E-state index is 0.147. The lowest BCUT2D eigenvalue weighted by Crippen LogP contribution is -2.44. The standard InChI is InChI=1S/C59H109NO8/c1-6-8-10-12-14-16-18-20-22-24-25-26-27-28-29-30-31-32-34-35-37-39-41-43-45-47-49-56(61)66-53-55(54-67-59(58(63)64)65-52-51-60(3,4)5)68-57(62)50-48-46-44-42-40-38-36-33-23-21-19-17-15-13-11-9-7-2/h9,11,15,17,21,23,55,59H,6-8,10,12-14,16,18-20,22,24-54H2,1-5H3/b11-9-,17-15-,23-21-. The van der Waals surface area contributed by atoms with Crippen LogP contribution in [0.4, 0.5) is 0 Å². The van der Waals surface area contributed by atoms with Gasteiger partial charge in [0.05, 0.1) is 40.3 Å². The van der Waals surface area contributed by atoms with Gasteiger partial charge in [0.2, 0.25) is 0 Å². The monoisotopic (exact) mass is 960 g/mol. The molecule has 9 heteroatoms. The highest BCUT2D eigenvalue weighted by Crippen LogP contribution is 2.17. The Balaban J connectivity index is 4.18. The van der Waals surface area contributed by atoms with Crippen LogP contribution < -0.4 is 5.11 Å². The summed E-state index contributed by atoms with van der Waals surface area (Å²) in [5.41, 5.74) is 0. The van der Waals surface area contributed by atoms with E-state index in [1.165, 1.54) is 167 Å². The molecule has 0 aromatic heterocycles. The van der Waals surface area contributed by atoms with Crippen molar-refractivity contribution in [3.8, 4) is 0 Å². The number of carbonyl (C=O) groups excluding carboxylic acids is 3. The molecule has 0 aromatic carbocycles. The molecule has 0 radical (unpaired) electrons. The van der Waals surface area contributed by atoms with Crippen molar-refractivity contribution in [2.45, 2.75) is 277 Å². The van der Waals surface area contributed by atoms with Crippen molar-refractivity contribution in [3.05, 3.63) is 36.5 Å². The number of nitrogens with zero attached hydrogens (tertiary/aromatic N) is 1. The molecule has 0 saturated carbocycles. The average Bonchev–Trinajstić information content (AvgIpc) is 3.30. The van der Waals surface area contributed by atoms with Gasteiger partial charge in [-0.3, -0.25) is 9.59 Å². The smallest absolute Gasteiger partial charge is 0.306 e. The van der Waals surface area contributed by atoms with Crippen molar-refractivity contribution in [2.24, 2.45) is 0 Å². The third-order valence-corrected chi connectivity index (χ3v) is 12.7. The SMILES string of the molecule is CC/C=C\C/C=C\C/C=C\CCCCCCCCCC(=O)OC(COC(=O)CCCCCCCCCCCCCCCCCCCCCCCCCCCC)COC(OCC[N+](C)(C)C)C(=O)[O-]. The minimum Gasteiger partial charge on any atom is -0.545 e. The summed E-state index contributed by atoms with van der Waals surface area (Å²) in [5, 5.41) is 11.8. The number of likely N-dealkylation sites (N-methyl/N-ethyl adjacent to an activating group) is 1. The zero-order valence-electron chi connectivity index (χ0n) is 45.2. The highest BCUT2D eigenvalue weighted by atomic mass is 16.7. The summed E-state index contributed by atoms with van der Waals surface area (Å²) in [5.74, 6) is -2.28. The van der Waals surface area contributed by atoms with E-state index in [1.54, 1.807) is 0 Å². The Morgan fingerprint density at radius 1 is 0.456 bits per heavy atom. The van der Waals surface area contributed by atoms with Crippen LogP contribution >= 0.6 is 0 Å². The molecule has 0 heterocycles. The van der Waals surface area contributed by atoms with Crippen LogP contribution in [-0.2, 0) is 33.3 Å². The Bertz CT molecular complexity index is 1210. The molecule has 0 bridgehead atoms. The molecular weight excluding hydrogens is 851 g/mol. The van der Waals surface area contributed by atoms with Crippen molar-refractivity contribution in [1.82, 2.24) is 0 Å². The molecule has 0 rings (SSSR count). The van der Waals surface area contributed by atoms with Gasteiger partial charge in [-0.25, -0.2) is 0 Å². The first-order chi connectivity index (χ1) is 33.1. The van der Waals surface area contributed by atoms with Gasteiger partial charge in [0, 0.05) is 12.8 Å². The average molecular weight is 961 g/mol. The van der Waals surface area contributed by atoms with Crippen molar-refractivity contribution in [1.29, 1.82) is 0 Å². The lowest BCUT2D eigenvalue weighted by Gasteiger charge is -2.26. The van der Waals surface area contributed by atoms with Crippen molar-refractivity contribution < 1.29 is 42.9 Å². The second kappa shape index (κ2) is 50.9. The highest BCUT2D eigenvalue weighted by Gasteiger charge is 2.22. The van der Waals surface area contributed by atoms with Crippen LogP contribution in [0.1, 0.15) is 264 Å². The molecule has 2 atom stereocenters. The molecule has 2 unspecified atom stereocenters. The molecule has 0 aliphatic rings. The summed E-state index contributed by atoms with van der Waals surface area (Å²) in [4.78, 5) is 37.2. The summed E-state index contributed by atoms with van der Waals surface area (Å²) < 4.78 is 22.7. The maximum atomic E-state index is 12.8. The molecule has 0 N–H and O–H groups in total. The number of esters is 2. The van der Waals surface area contributed by atoms with Gasteiger partial charge in [-0.15, -0.1) is 0 Å². The fraction of sp³-hybridized carbons (Fsp3) is 0.847. The van der Waals surface area contributed by atoms with Crippen molar-refractivity contribution in [2.75, 3.05) is 47.5 Å². The maximum absolute atomic E-state index is 12.8. The molecule has 0 spiro atoms. The third kappa shape index (κ3) is 51.4. The number of quaternary nitrogens is 1. The number of hydrogen-bond acceptors (Lipinski definition) is 8. The lowest BCUT2D eigenvalue weighted by atomic mass is 10.0. The summed E-state index contributed by atoms with van der Waals surface area (Å²) in [6, 6.07) is 0. The molecule has 0 fully saturated rings. The number of allylic oxidation sites excluding steroid dienone is 6. The summed E-state index contributed by atoms with van der Waals surface area (Å²) in [7, 11) is 5.92. The van der Waals surface area contributed by atoms with Crippen LogP contribution in [0.25, 0.3) is 0 Å². The quantitative estimate of drug-likeness (QED) is 0.0195. The van der Waals surface area contributed by atoms with Crippen LogP contribution in [-0.4, -0.2) is 82.3 Å². The second-order valence-electron chi connectivity index (χ2n) is 20.6. The fourth-order valence-electron chi connectivity index (χ4n) is 8.26. The first-order valence-electron chi connectivity index (χ1n) is 28.6. The molecule has 0 aromatic rings. The highest BCUT2D eigenvalue weighted by molar-refractivity contribution is 5.70. The topological polar surface area (TPSA) is 111 Å². The van der Waals surface area contributed by atoms with E-state index in [1.807, 2.05) is 21.1 Å². The molecule has 68 heavy (non-hydrogen) atoms. The molecule has 9 nitrogen and oxygen atoms in total. The van der Waals surface area contributed by atoms with Gasteiger partial charge in [-0.05, 0) is 44.9 Å². The zero-order chi connectivity index (χ0) is 49.9. The van der Waals surface area contributed by atoms with E-state index in [0.717, 1.165) is 64.2 Å². The van der Waals surface area contributed by atoms with Crippen molar-refractivity contribution >= 4 is 17.9 Å². The molecular formula is C59H109NO8. The van der Waals surface area contributed by atoms with Crippen LogP contribution in [0.5, 0.6) is 0 Å². The number of aliphatic carboxylic acids is 1. The van der Waals surface area contributed by atoms with Gasteiger partial charge < -0.3 is 33.3 Å². The molecule has 0 amide bonds. The van der Waals surface area contributed by atoms with Gasteiger partial charge >= 0.3 is 11.9 Å². The number of hydrogen-bond donors (Lipinski definition) is 0. The van der Waals surface area contributed by atoms with E-state index in [9.17, 15) is 19.5 Å². The Hall–Kier alpha value is -2.49. The van der Waals surface area contributed by atoms with Gasteiger partial charge in [0.25, 0.3) is 0 Å². The van der Waals surface area contributed by atoms with Crippen LogP contribution in [0.2, 0.25) is 0 Å². The summed E-state index contributed by atoms with van der Waals surface area (Å²) in [6.07, 6.45) is 57.7. The van der Waals surface area contributed by atoms with E-state index in [-0.39, 0.29) is 32.2 Å². The molecule has 0 aliphatic carbocycles. The van der Waals surface area contributed by atoms with E-state index >= 15 is 0 Å². The van der Waals surface area contributed by atoms with Gasteiger partial charge in [-0.1, -0.05) is 243 Å². The number of carbonyl (C=O) groups is 3. The molecule has 0 aliphatic heterocycles. The van der Waals surface area contributed by atoms with Gasteiger partial charge in [0.1, 0.15) is 13.2 Å². The third-order valence-electron chi connectivity index (χ3n) is 12.7.